The summed E-state index contributed by atoms with van der Waals surface area (Å²) < 4.78 is 20.5. The van der Waals surface area contributed by atoms with Gasteiger partial charge in [-0.1, -0.05) is 66.8 Å². The number of ketones is 4. The molecule has 23 nitrogen and oxygen atoms in total. The van der Waals surface area contributed by atoms with Gasteiger partial charge in [-0.2, -0.15) is 0 Å². The first-order valence-corrected chi connectivity index (χ1v) is 29.6. The number of aromatic nitrogens is 4. The quantitative estimate of drug-likeness (QED) is 0.0531. The molecule has 490 valence electrons. The number of pyridine rings is 4. The number of rotatable bonds is 7. The molecular formula is C66H83Cl2N9O14. The highest BCUT2D eigenvalue weighted by Crippen LogP contribution is 2.51. The van der Waals surface area contributed by atoms with Gasteiger partial charge in [0, 0.05) is 110 Å². The maximum atomic E-state index is 12.6. The van der Waals surface area contributed by atoms with Crippen molar-refractivity contribution in [1.82, 2.24) is 26.1 Å². The fourth-order valence-corrected chi connectivity index (χ4v) is 13.6. The molecular weight excluding hydrogens is 1210 g/mol. The van der Waals surface area contributed by atoms with Crippen LogP contribution in [0, 0.1) is 23.7 Å². The van der Waals surface area contributed by atoms with Crippen molar-refractivity contribution in [2.45, 2.75) is 120 Å². The van der Waals surface area contributed by atoms with Crippen LogP contribution >= 0.6 is 23.2 Å². The lowest BCUT2D eigenvalue weighted by molar-refractivity contribution is -0.140. The number of hydrogen-bond donors (Lipinski definition) is 6. The van der Waals surface area contributed by atoms with Crippen molar-refractivity contribution in [1.29, 1.82) is 0 Å². The molecule has 8 unspecified atom stereocenters. The Morgan fingerprint density at radius 1 is 0.538 bits per heavy atom. The Labute approximate surface area is 539 Å². The summed E-state index contributed by atoms with van der Waals surface area (Å²) in [4.78, 5) is 119. The number of hydrogen-bond acceptors (Lipinski definition) is 21. The van der Waals surface area contributed by atoms with E-state index >= 15 is 0 Å². The Morgan fingerprint density at radius 3 is 1.19 bits per heavy atom. The van der Waals surface area contributed by atoms with Crippen LogP contribution in [-0.2, 0) is 90.6 Å². The molecule has 8 aliphatic rings. The van der Waals surface area contributed by atoms with E-state index in [-0.39, 0.29) is 77.1 Å². The van der Waals surface area contributed by atoms with Crippen LogP contribution in [0.15, 0.2) is 97.1 Å². The molecule has 4 saturated carbocycles. The Hall–Kier alpha value is -8.19. The lowest BCUT2D eigenvalue weighted by Gasteiger charge is -2.44. The number of aliphatic hydroxyl groups is 1. The van der Waals surface area contributed by atoms with Gasteiger partial charge in [0.2, 0.25) is 45.8 Å². The van der Waals surface area contributed by atoms with E-state index in [0.717, 1.165) is 68.9 Å². The zero-order valence-electron chi connectivity index (χ0n) is 52.8. The lowest BCUT2D eigenvalue weighted by atomic mass is 9.58. The monoisotopic (exact) mass is 1300 g/mol. The number of nitrogens with zero attached hydrogens (tertiary/aromatic N) is 4. The number of carbonyl (C=O) groups excluding carboxylic acids is 9. The molecule has 0 aromatic carbocycles. The van der Waals surface area contributed by atoms with Gasteiger partial charge < -0.3 is 57.9 Å². The van der Waals surface area contributed by atoms with Gasteiger partial charge in [-0.25, -0.2) is 19.9 Å². The fraction of sp³-hybridized carbons (Fsp3) is 0.439. The molecule has 2 amide bonds. The molecule has 4 fully saturated rings. The van der Waals surface area contributed by atoms with Crippen LogP contribution in [0.2, 0.25) is 0 Å². The van der Waals surface area contributed by atoms with E-state index in [1.807, 2.05) is 12.1 Å². The number of aldehydes is 1. The Balaban J connectivity index is 0.000000242. The van der Waals surface area contributed by atoms with Crippen molar-refractivity contribution in [3.63, 3.8) is 0 Å². The molecule has 0 saturated heterocycles. The minimum atomic E-state index is -1.30. The number of allylic oxidation sites excluding steroid dienone is 3. The SMILES string of the molecule is C=C1CC2Cc3nc(OC)ccc3C(C(=O)Cl)(C1)C2=O.C=C1CC2Cc3nc(OC)ccc3C(C(N)=O)(C1)C2=O.C=C1CC2Cc3nc(OC)ccc3C(CO)(C1)C2=O.C=C1CC2Cc3nc(OC)ccc3C(N)(C1)C2=O.CC(=O)Cl.CC(N)=O.CC=O.CN.N. The number of nitrogens with two attached hydrogens (primary N) is 4. The number of aliphatic hydroxyl groups excluding tert-OH is 1. The number of ether oxygens (including phenoxy) is 4. The molecule has 25 heteroatoms. The number of methoxy groups -OCH3 is 4. The van der Waals surface area contributed by atoms with Gasteiger partial charge in [0.05, 0.1) is 46.2 Å². The summed E-state index contributed by atoms with van der Waals surface area (Å²) in [5.41, 5.74) is 26.6. The van der Waals surface area contributed by atoms with Crippen LogP contribution in [0.4, 0.5) is 0 Å². The predicted molar refractivity (Wildman–Crippen MR) is 342 cm³/mol. The molecule has 4 aromatic rings. The minimum absolute atomic E-state index is 0. The summed E-state index contributed by atoms with van der Waals surface area (Å²) in [5.74, 6) is 0.563. The smallest absolute Gasteiger partial charge is 0.240 e. The summed E-state index contributed by atoms with van der Waals surface area (Å²) in [7, 11) is 7.74. The van der Waals surface area contributed by atoms with Crippen LogP contribution in [0.3, 0.4) is 0 Å². The summed E-state index contributed by atoms with van der Waals surface area (Å²) >= 11 is 10.5. The van der Waals surface area contributed by atoms with Crippen molar-refractivity contribution in [2.75, 3.05) is 42.1 Å². The average molecular weight is 1300 g/mol. The van der Waals surface area contributed by atoms with Crippen molar-refractivity contribution >= 4 is 74.9 Å². The Morgan fingerprint density at radius 2 is 0.824 bits per heavy atom. The average Bonchev–Trinajstić information content (AvgIpc) is 0.757. The summed E-state index contributed by atoms with van der Waals surface area (Å²) in [6, 6.07) is 14.0. The van der Waals surface area contributed by atoms with Crippen LogP contribution in [0.1, 0.15) is 117 Å². The molecule has 0 aliphatic heterocycles. The first-order valence-electron chi connectivity index (χ1n) is 28.8. The van der Waals surface area contributed by atoms with Gasteiger partial charge in [-0.15, -0.1) is 0 Å². The van der Waals surface area contributed by atoms with E-state index in [2.05, 4.69) is 69.3 Å². The fourth-order valence-electron chi connectivity index (χ4n) is 13.4. The molecule has 91 heavy (non-hydrogen) atoms. The molecule has 0 radical (unpaired) electrons. The highest BCUT2D eigenvalue weighted by Gasteiger charge is 2.58. The van der Waals surface area contributed by atoms with Gasteiger partial charge in [-0.3, -0.25) is 38.4 Å². The number of halogens is 2. The number of carbonyl (C=O) groups is 9. The number of Topliss-reactive ketones (excluding diaryl/α,β-unsaturated/α-hetero) is 4. The third-order valence-corrected chi connectivity index (χ3v) is 17.1. The van der Waals surface area contributed by atoms with Crippen molar-refractivity contribution in [3.8, 4) is 23.5 Å². The molecule has 8 atom stereocenters. The molecule has 8 aliphatic carbocycles. The van der Waals surface area contributed by atoms with Crippen molar-refractivity contribution < 1.29 is 67.2 Å². The summed E-state index contributed by atoms with van der Waals surface area (Å²) in [5, 5.41) is 8.83. The van der Waals surface area contributed by atoms with Gasteiger partial charge in [0.25, 0.3) is 0 Å². The highest BCUT2D eigenvalue weighted by atomic mass is 35.5. The molecule has 4 aromatic heterocycles. The van der Waals surface area contributed by atoms with Crippen LogP contribution in [0.25, 0.3) is 0 Å². The first kappa shape index (κ1) is 75.3. The first-order chi connectivity index (χ1) is 42.5. The van der Waals surface area contributed by atoms with E-state index in [9.17, 15) is 43.5 Å². The normalized spacial score (nSPS) is 25.1. The molecule has 12 rings (SSSR count). The van der Waals surface area contributed by atoms with Crippen LogP contribution in [0.5, 0.6) is 23.5 Å². The molecule has 0 spiro atoms. The second-order valence-corrected chi connectivity index (χ2v) is 23.8. The number of fused-ring (bicyclic) bond motifs is 16. The second-order valence-electron chi connectivity index (χ2n) is 23.0. The van der Waals surface area contributed by atoms with E-state index in [1.54, 1.807) is 50.6 Å². The largest absolute Gasteiger partial charge is 0.481 e. The number of amides is 2. The third kappa shape index (κ3) is 15.6. The van der Waals surface area contributed by atoms with Crippen molar-refractivity contribution in [2.24, 2.45) is 46.6 Å². The lowest BCUT2D eigenvalue weighted by Crippen LogP contribution is -2.56. The maximum absolute atomic E-state index is 12.6. The van der Waals surface area contributed by atoms with E-state index in [1.165, 1.54) is 42.0 Å². The zero-order chi connectivity index (χ0) is 67.4. The van der Waals surface area contributed by atoms with Gasteiger partial charge in [0.1, 0.15) is 28.4 Å². The summed E-state index contributed by atoms with van der Waals surface area (Å²) in [6.07, 6.45) is 7.31. The van der Waals surface area contributed by atoms with Crippen LogP contribution < -0.4 is 48.0 Å². The molecule has 4 heterocycles. The van der Waals surface area contributed by atoms with Gasteiger partial charge in [-0.05, 0) is 111 Å². The van der Waals surface area contributed by atoms with Crippen LogP contribution in [-0.4, -0.2) is 119 Å². The maximum Gasteiger partial charge on any atom is 0.240 e. The van der Waals surface area contributed by atoms with Crippen molar-refractivity contribution in [3.05, 3.63) is 142 Å². The second kappa shape index (κ2) is 31.7. The minimum Gasteiger partial charge on any atom is -0.481 e. The van der Waals surface area contributed by atoms with Gasteiger partial charge >= 0.3 is 0 Å². The topological polar surface area (TPSA) is 401 Å². The molecule has 8 bridgehead atoms. The predicted octanol–water partition coefficient (Wildman–Crippen LogP) is 6.04. The molecule has 12 N–H and O–H groups in total. The van der Waals surface area contributed by atoms with Gasteiger partial charge in [0.15, 0.2) is 17.3 Å². The highest BCUT2D eigenvalue weighted by molar-refractivity contribution is 6.68. The Kier molecular flexibility index (Phi) is 26.2. The van der Waals surface area contributed by atoms with E-state index in [4.69, 9.17) is 46.8 Å². The summed E-state index contributed by atoms with van der Waals surface area (Å²) in [6.45, 7) is 19.8. The van der Waals surface area contributed by atoms with E-state index in [0.29, 0.717) is 98.9 Å². The number of primary amides is 2. The third-order valence-electron chi connectivity index (χ3n) is 16.8. The Bertz CT molecular complexity index is 3410. The zero-order valence-corrected chi connectivity index (χ0v) is 54.4. The van der Waals surface area contributed by atoms with E-state index < -0.39 is 32.9 Å². The standard InChI is InChI=1S/C15H14ClNO3.C15H16N2O3.C15H17NO3.C14H16N2O2.C2H3ClO.C2H5NO.C2H4O.CH5N.H3N/c2*1-8-5-9-6-11-10(3-4-12(17-11)20-2)15(7-8,13(9)18)14(16)19;1-9-5-10-6-12-11(3-4-13(16-12)19-2)15(7-9,8-17)14(10)18;1-8-5-9-6-11-10(3-4-12(16-11)18-2)14(15,7-8)13(9)17;2*1-2(3)4;1-2-3;1-2;/h3-4,9H,1,5-7H2,2H3;3-4,9H,1,5-7H2,2H3,(H2,16,19);3-4,10,17H,1,5-8H2,2H3;3-4,9H,1,5-7,15H2,2H3;1H3;1H3,(H2,3,4);2H,1H3;2H2,1H3;1H3.